The standard InChI is InChI=1S/C16H11F6NO3S/c17-15(18,19)9-5-10(16(20,21)22)7-11(6-9)27(24,25)23-13-8-26-14-4-2-1-3-12(13)14/h1-7,13,23H,8H2. The highest BCUT2D eigenvalue weighted by Gasteiger charge is 2.39. The maximum Gasteiger partial charge on any atom is 0.416 e. The minimum absolute atomic E-state index is 0.132. The van der Waals surface area contributed by atoms with Crippen LogP contribution in [0.5, 0.6) is 5.75 Å². The van der Waals surface area contributed by atoms with Gasteiger partial charge in [-0.3, -0.25) is 0 Å². The van der Waals surface area contributed by atoms with E-state index in [-0.39, 0.29) is 24.8 Å². The Hall–Kier alpha value is -2.27. The number of para-hydroxylation sites is 1. The molecule has 1 aliphatic rings. The van der Waals surface area contributed by atoms with Crippen LogP contribution in [0.3, 0.4) is 0 Å². The lowest BCUT2D eigenvalue weighted by molar-refractivity contribution is -0.143. The van der Waals surface area contributed by atoms with Crippen molar-refractivity contribution in [2.24, 2.45) is 0 Å². The summed E-state index contributed by atoms with van der Waals surface area (Å²) in [6, 6.07) is 5.61. The van der Waals surface area contributed by atoms with E-state index in [0.717, 1.165) is 0 Å². The topological polar surface area (TPSA) is 55.4 Å². The molecule has 4 nitrogen and oxygen atoms in total. The number of sulfonamides is 1. The van der Waals surface area contributed by atoms with Crippen LogP contribution in [-0.2, 0) is 22.4 Å². The summed E-state index contributed by atoms with van der Waals surface area (Å²) in [5, 5.41) is 0. The maximum absolute atomic E-state index is 12.9. The Kier molecular flexibility index (Phi) is 4.63. The molecule has 0 bridgehead atoms. The van der Waals surface area contributed by atoms with Crippen molar-refractivity contribution < 1.29 is 39.5 Å². The molecule has 2 aromatic rings. The second-order valence-electron chi connectivity index (χ2n) is 5.76. The number of fused-ring (bicyclic) bond motifs is 1. The second-order valence-corrected chi connectivity index (χ2v) is 7.48. The van der Waals surface area contributed by atoms with Crippen molar-refractivity contribution in [2.45, 2.75) is 23.3 Å². The lowest BCUT2D eigenvalue weighted by Crippen LogP contribution is -2.30. The molecule has 146 valence electrons. The smallest absolute Gasteiger partial charge is 0.416 e. The molecule has 0 aromatic heterocycles. The zero-order valence-electron chi connectivity index (χ0n) is 13.2. The predicted molar refractivity (Wildman–Crippen MR) is 81.4 cm³/mol. The first kappa shape index (κ1) is 19.5. The summed E-state index contributed by atoms with van der Waals surface area (Å²) in [4.78, 5) is -1.13. The third-order valence-electron chi connectivity index (χ3n) is 3.87. The largest absolute Gasteiger partial charge is 0.491 e. The molecule has 0 fully saturated rings. The zero-order valence-corrected chi connectivity index (χ0v) is 14.0. The molecule has 27 heavy (non-hydrogen) atoms. The Morgan fingerprint density at radius 1 is 0.926 bits per heavy atom. The normalized spacial score (nSPS) is 17.5. The van der Waals surface area contributed by atoms with Crippen LogP contribution in [-0.4, -0.2) is 15.0 Å². The Bertz CT molecular complexity index is 937. The molecular weight excluding hydrogens is 400 g/mol. The van der Waals surface area contributed by atoms with Gasteiger partial charge >= 0.3 is 12.4 Å². The number of nitrogens with one attached hydrogen (secondary N) is 1. The number of halogens is 6. The summed E-state index contributed by atoms with van der Waals surface area (Å²) in [5.41, 5.74) is -2.98. The minimum Gasteiger partial charge on any atom is -0.491 e. The van der Waals surface area contributed by atoms with Crippen LogP contribution in [0.25, 0.3) is 0 Å². The minimum atomic E-state index is -5.14. The summed E-state index contributed by atoms with van der Waals surface area (Å²) >= 11 is 0. The highest BCUT2D eigenvalue weighted by atomic mass is 32.2. The number of rotatable bonds is 3. The van der Waals surface area contributed by atoms with E-state index in [1.807, 2.05) is 0 Å². The van der Waals surface area contributed by atoms with E-state index in [2.05, 4.69) is 4.72 Å². The second kappa shape index (κ2) is 6.41. The fraction of sp³-hybridized carbons (Fsp3) is 0.250. The first-order valence-corrected chi connectivity index (χ1v) is 8.90. The number of hydrogen-bond acceptors (Lipinski definition) is 3. The molecule has 11 heteroatoms. The summed E-state index contributed by atoms with van der Waals surface area (Å²) in [6.07, 6.45) is -10.3. The lowest BCUT2D eigenvalue weighted by Gasteiger charge is -2.16. The number of benzene rings is 2. The number of ether oxygens (including phenoxy) is 1. The molecule has 1 unspecified atom stereocenters. The van der Waals surface area contributed by atoms with Gasteiger partial charge in [-0.1, -0.05) is 18.2 Å². The average molecular weight is 411 g/mol. The monoisotopic (exact) mass is 411 g/mol. The SMILES string of the molecule is O=S(=O)(NC1COc2ccccc21)c1cc(C(F)(F)F)cc(C(F)(F)F)c1. The third kappa shape index (κ3) is 4.03. The fourth-order valence-corrected chi connectivity index (χ4v) is 3.87. The van der Waals surface area contributed by atoms with Gasteiger partial charge in [0.1, 0.15) is 12.4 Å². The van der Waals surface area contributed by atoms with Crippen molar-refractivity contribution in [3.63, 3.8) is 0 Å². The third-order valence-corrected chi connectivity index (χ3v) is 5.32. The van der Waals surface area contributed by atoms with Gasteiger partial charge in [-0.25, -0.2) is 13.1 Å². The van der Waals surface area contributed by atoms with Crippen molar-refractivity contribution >= 4 is 10.0 Å². The molecule has 1 aliphatic heterocycles. The summed E-state index contributed by atoms with van der Waals surface area (Å²) in [7, 11) is -4.68. The Morgan fingerprint density at radius 2 is 1.48 bits per heavy atom. The van der Waals surface area contributed by atoms with Crippen molar-refractivity contribution in [1.82, 2.24) is 4.72 Å². The average Bonchev–Trinajstić information content (AvgIpc) is 2.95. The van der Waals surface area contributed by atoms with Gasteiger partial charge in [0, 0.05) is 5.56 Å². The van der Waals surface area contributed by atoms with Crippen molar-refractivity contribution in [3.8, 4) is 5.75 Å². The fourth-order valence-electron chi connectivity index (χ4n) is 2.60. The van der Waals surface area contributed by atoms with Gasteiger partial charge in [0.05, 0.1) is 22.1 Å². The van der Waals surface area contributed by atoms with E-state index < -0.39 is 44.4 Å². The number of alkyl halides is 6. The van der Waals surface area contributed by atoms with Crippen LogP contribution < -0.4 is 9.46 Å². The molecule has 2 aromatic carbocycles. The Morgan fingerprint density at radius 3 is 2.04 bits per heavy atom. The quantitative estimate of drug-likeness (QED) is 0.773. The van der Waals surface area contributed by atoms with Crippen LogP contribution in [0.4, 0.5) is 26.3 Å². The van der Waals surface area contributed by atoms with Crippen molar-refractivity contribution in [3.05, 3.63) is 59.2 Å². The molecule has 0 radical (unpaired) electrons. The lowest BCUT2D eigenvalue weighted by atomic mass is 10.1. The van der Waals surface area contributed by atoms with Gasteiger partial charge < -0.3 is 4.74 Å². The van der Waals surface area contributed by atoms with Gasteiger partial charge in [-0.15, -0.1) is 0 Å². The summed E-state index contributed by atoms with van der Waals surface area (Å²) in [6.45, 7) is -0.135. The van der Waals surface area contributed by atoms with Crippen LogP contribution in [0, 0.1) is 0 Å². The Balaban J connectivity index is 2.02. The highest BCUT2D eigenvalue weighted by molar-refractivity contribution is 7.89. The molecule has 0 spiro atoms. The van der Waals surface area contributed by atoms with Crippen LogP contribution in [0.1, 0.15) is 22.7 Å². The van der Waals surface area contributed by atoms with Gasteiger partial charge in [-0.05, 0) is 24.3 Å². The number of hydrogen-bond donors (Lipinski definition) is 1. The van der Waals surface area contributed by atoms with Crippen molar-refractivity contribution in [2.75, 3.05) is 6.61 Å². The van der Waals surface area contributed by atoms with Gasteiger partial charge in [-0.2, -0.15) is 26.3 Å². The molecule has 3 rings (SSSR count). The molecule has 0 saturated carbocycles. The predicted octanol–water partition coefficient (Wildman–Crippen LogP) is 4.14. The molecular formula is C16H11F6NO3S. The first-order valence-electron chi connectivity index (χ1n) is 7.41. The van der Waals surface area contributed by atoms with E-state index in [1.165, 1.54) is 0 Å². The van der Waals surface area contributed by atoms with E-state index in [0.29, 0.717) is 11.3 Å². The van der Waals surface area contributed by atoms with E-state index in [4.69, 9.17) is 4.74 Å². The van der Waals surface area contributed by atoms with Crippen molar-refractivity contribution in [1.29, 1.82) is 0 Å². The van der Waals surface area contributed by atoms with Gasteiger partial charge in [0.25, 0.3) is 0 Å². The van der Waals surface area contributed by atoms with E-state index in [1.54, 1.807) is 24.3 Å². The highest BCUT2D eigenvalue weighted by Crippen LogP contribution is 2.38. The van der Waals surface area contributed by atoms with Crippen LogP contribution >= 0.6 is 0 Å². The molecule has 1 N–H and O–H groups in total. The van der Waals surface area contributed by atoms with Gasteiger partial charge in [0.15, 0.2) is 0 Å². The van der Waals surface area contributed by atoms with E-state index in [9.17, 15) is 34.8 Å². The summed E-state index contributed by atoms with van der Waals surface area (Å²) in [5.74, 6) is 0.380. The first-order chi connectivity index (χ1) is 12.4. The molecule has 1 atom stereocenters. The molecule has 1 heterocycles. The summed E-state index contributed by atoms with van der Waals surface area (Å²) < 4.78 is 110. The molecule has 0 amide bonds. The van der Waals surface area contributed by atoms with E-state index >= 15 is 0 Å². The molecule has 0 aliphatic carbocycles. The van der Waals surface area contributed by atoms with Crippen LogP contribution in [0.15, 0.2) is 47.4 Å². The molecule has 0 saturated heterocycles. The zero-order chi connectivity index (χ0) is 20.0. The maximum atomic E-state index is 12.9. The Labute approximate surface area is 149 Å². The van der Waals surface area contributed by atoms with Crippen LogP contribution in [0.2, 0.25) is 0 Å². The van der Waals surface area contributed by atoms with Gasteiger partial charge in [0.2, 0.25) is 10.0 Å².